The van der Waals surface area contributed by atoms with E-state index in [0.717, 1.165) is 36.2 Å². The second-order valence-electron chi connectivity index (χ2n) is 7.91. The zero-order valence-corrected chi connectivity index (χ0v) is 16.4. The van der Waals surface area contributed by atoms with E-state index in [9.17, 15) is 9.59 Å². The molecule has 3 rings (SSSR count). The summed E-state index contributed by atoms with van der Waals surface area (Å²) in [6.07, 6.45) is 3.84. The van der Waals surface area contributed by atoms with Gasteiger partial charge in [-0.2, -0.15) is 0 Å². The quantitative estimate of drug-likeness (QED) is 0.881. The summed E-state index contributed by atoms with van der Waals surface area (Å²) in [7, 11) is 0. The van der Waals surface area contributed by atoms with Gasteiger partial charge in [0.1, 0.15) is 12.1 Å². The molecule has 0 fully saturated rings. The van der Waals surface area contributed by atoms with E-state index in [-0.39, 0.29) is 18.5 Å². The Bertz CT molecular complexity index is 805. The number of rotatable bonds is 4. The fraction of sp³-hybridized carbons (Fsp3) is 0.476. The first-order valence-electron chi connectivity index (χ1n) is 9.40. The van der Waals surface area contributed by atoms with Crippen molar-refractivity contribution in [2.45, 2.75) is 58.6 Å². The molecule has 0 aromatic heterocycles. The largest absolute Gasteiger partial charge is 0.444 e. The number of fused-ring (bicyclic) bond motifs is 1. The van der Waals surface area contributed by atoms with Gasteiger partial charge in [-0.05, 0) is 44.4 Å². The maximum atomic E-state index is 13.0. The number of allylic oxidation sites excluding steroid dienone is 1. The molecule has 144 valence electrons. The number of ether oxygens (including phenoxy) is 1. The second-order valence-corrected chi connectivity index (χ2v) is 7.91. The lowest BCUT2D eigenvalue weighted by atomic mass is 10.0. The van der Waals surface area contributed by atoms with E-state index in [1.165, 1.54) is 5.57 Å². The molecular formula is C21H27N3O3. The van der Waals surface area contributed by atoms with Crippen molar-refractivity contribution in [3.05, 3.63) is 41.6 Å². The third kappa shape index (κ3) is 4.38. The minimum atomic E-state index is -0.600. The molecule has 2 aliphatic heterocycles. The monoisotopic (exact) mass is 369 g/mol. The summed E-state index contributed by atoms with van der Waals surface area (Å²) in [4.78, 5) is 31.2. The van der Waals surface area contributed by atoms with Crippen molar-refractivity contribution < 1.29 is 14.3 Å². The Morgan fingerprint density at radius 3 is 2.70 bits per heavy atom. The molecule has 6 nitrogen and oxygen atoms in total. The highest BCUT2D eigenvalue weighted by atomic mass is 16.6. The number of aliphatic imine (C=N–C) groups is 1. The van der Waals surface area contributed by atoms with E-state index in [0.29, 0.717) is 0 Å². The summed E-state index contributed by atoms with van der Waals surface area (Å²) in [5.41, 5.74) is 3.71. The van der Waals surface area contributed by atoms with Crippen LogP contribution in [0.3, 0.4) is 0 Å². The van der Waals surface area contributed by atoms with Crippen molar-refractivity contribution in [2.75, 3.05) is 11.4 Å². The number of anilines is 1. The SMILES string of the molecule is CCC1=CN=C(C2Cc3ccccc3N2C(=O)CNC(=O)OC(C)(C)C)C1. The lowest BCUT2D eigenvalue weighted by molar-refractivity contribution is -0.118. The third-order valence-corrected chi connectivity index (χ3v) is 4.69. The van der Waals surface area contributed by atoms with Crippen molar-refractivity contribution in [1.29, 1.82) is 0 Å². The van der Waals surface area contributed by atoms with E-state index in [1.807, 2.05) is 30.5 Å². The van der Waals surface area contributed by atoms with Gasteiger partial charge in [0.05, 0.1) is 6.04 Å². The molecule has 6 heteroatoms. The van der Waals surface area contributed by atoms with Gasteiger partial charge in [0.2, 0.25) is 5.91 Å². The molecule has 0 spiro atoms. The fourth-order valence-electron chi connectivity index (χ4n) is 3.43. The number of carbonyl (C=O) groups excluding carboxylic acids is 2. The molecule has 0 saturated carbocycles. The molecule has 0 radical (unpaired) electrons. The summed E-state index contributed by atoms with van der Waals surface area (Å²) >= 11 is 0. The average Bonchev–Trinajstić information content (AvgIpc) is 3.22. The van der Waals surface area contributed by atoms with Gasteiger partial charge in [-0.3, -0.25) is 9.79 Å². The van der Waals surface area contributed by atoms with E-state index in [4.69, 9.17) is 4.74 Å². The van der Waals surface area contributed by atoms with Crippen LogP contribution in [0.15, 0.2) is 41.0 Å². The Hall–Kier alpha value is -2.63. The van der Waals surface area contributed by atoms with Crippen LogP contribution in [-0.2, 0) is 16.0 Å². The number of hydrogen-bond acceptors (Lipinski definition) is 4. The van der Waals surface area contributed by atoms with Crippen LogP contribution in [0.25, 0.3) is 0 Å². The lowest BCUT2D eigenvalue weighted by Crippen LogP contribution is -2.47. The Balaban J connectivity index is 1.73. The Morgan fingerprint density at radius 2 is 2.04 bits per heavy atom. The number of amides is 2. The molecule has 2 aliphatic rings. The number of nitrogens with one attached hydrogen (secondary N) is 1. The van der Waals surface area contributed by atoms with Crippen molar-refractivity contribution in [3.63, 3.8) is 0 Å². The number of para-hydroxylation sites is 1. The van der Waals surface area contributed by atoms with E-state index >= 15 is 0 Å². The molecule has 1 N–H and O–H groups in total. The zero-order chi connectivity index (χ0) is 19.6. The third-order valence-electron chi connectivity index (χ3n) is 4.69. The predicted octanol–water partition coefficient (Wildman–Crippen LogP) is 3.61. The van der Waals surface area contributed by atoms with Crippen LogP contribution in [0.1, 0.15) is 46.1 Å². The maximum absolute atomic E-state index is 13.0. The smallest absolute Gasteiger partial charge is 0.408 e. The lowest BCUT2D eigenvalue weighted by Gasteiger charge is -2.26. The summed E-state index contributed by atoms with van der Waals surface area (Å²) in [6, 6.07) is 7.80. The van der Waals surface area contributed by atoms with Crippen molar-refractivity contribution in [1.82, 2.24) is 5.32 Å². The van der Waals surface area contributed by atoms with E-state index < -0.39 is 11.7 Å². The highest BCUT2D eigenvalue weighted by molar-refractivity contribution is 6.08. The molecular weight excluding hydrogens is 342 g/mol. The van der Waals surface area contributed by atoms with Crippen molar-refractivity contribution >= 4 is 23.4 Å². The maximum Gasteiger partial charge on any atom is 0.408 e. The number of hydrogen-bond donors (Lipinski definition) is 1. The fourth-order valence-corrected chi connectivity index (χ4v) is 3.43. The summed E-state index contributed by atoms with van der Waals surface area (Å²) in [5, 5.41) is 2.57. The summed E-state index contributed by atoms with van der Waals surface area (Å²) in [5.74, 6) is -0.163. The van der Waals surface area contributed by atoms with Gasteiger partial charge in [0.15, 0.2) is 0 Å². The molecule has 1 aromatic rings. The first-order valence-corrected chi connectivity index (χ1v) is 9.40. The molecule has 27 heavy (non-hydrogen) atoms. The Kier molecular flexibility index (Phi) is 5.35. The van der Waals surface area contributed by atoms with Gasteiger partial charge in [0.25, 0.3) is 0 Å². The Morgan fingerprint density at radius 1 is 1.30 bits per heavy atom. The molecule has 0 saturated heterocycles. The second kappa shape index (κ2) is 7.55. The molecule has 1 aromatic carbocycles. The van der Waals surface area contributed by atoms with Gasteiger partial charge in [0, 0.05) is 30.4 Å². The molecule has 2 heterocycles. The van der Waals surface area contributed by atoms with Gasteiger partial charge in [-0.15, -0.1) is 0 Å². The summed E-state index contributed by atoms with van der Waals surface area (Å²) in [6.45, 7) is 7.37. The summed E-state index contributed by atoms with van der Waals surface area (Å²) < 4.78 is 5.22. The molecule has 1 atom stereocenters. The van der Waals surface area contributed by atoms with E-state index in [2.05, 4.69) is 17.2 Å². The number of benzene rings is 1. The first-order chi connectivity index (χ1) is 12.8. The van der Waals surface area contributed by atoms with Crippen LogP contribution < -0.4 is 10.2 Å². The number of carbonyl (C=O) groups is 2. The van der Waals surface area contributed by atoms with Crippen LogP contribution in [0.4, 0.5) is 10.5 Å². The molecule has 0 aliphatic carbocycles. The molecule has 0 bridgehead atoms. The number of alkyl carbamates (subject to hydrolysis) is 1. The van der Waals surface area contributed by atoms with E-state index in [1.54, 1.807) is 25.7 Å². The van der Waals surface area contributed by atoms with Crippen LogP contribution in [0, 0.1) is 0 Å². The molecule has 1 unspecified atom stereocenters. The van der Waals surface area contributed by atoms with Gasteiger partial charge < -0.3 is 15.0 Å². The van der Waals surface area contributed by atoms with Crippen LogP contribution in [0.5, 0.6) is 0 Å². The standard InChI is InChI=1S/C21H27N3O3/c1-5-14-10-16(22-12-14)18-11-15-8-6-7-9-17(15)24(18)19(25)13-23-20(26)27-21(2,3)4/h6-9,12,18H,5,10-11,13H2,1-4H3,(H,23,26). The van der Waals surface area contributed by atoms with Crippen molar-refractivity contribution in [2.24, 2.45) is 4.99 Å². The van der Waals surface area contributed by atoms with Crippen molar-refractivity contribution in [3.8, 4) is 0 Å². The zero-order valence-electron chi connectivity index (χ0n) is 16.4. The molecule has 2 amide bonds. The average molecular weight is 369 g/mol. The normalized spacial score (nSPS) is 18.7. The van der Waals surface area contributed by atoms with Crippen LogP contribution in [-0.4, -0.2) is 35.9 Å². The van der Waals surface area contributed by atoms with Gasteiger partial charge in [-0.1, -0.05) is 25.1 Å². The minimum absolute atomic E-state index is 0.101. The van der Waals surface area contributed by atoms with Crippen LogP contribution in [0.2, 0.25) is 0 Å². The van der Waals surface area contributed by atoms with Crippen LogP contribution >= 0.6 is 0 Å². The highest BCUT2D eigenvalue weighted by Gasteiger charge is 2.37. The number of nitrogens with zero attached hydrogens (tertiary/aromatic N) is 2. The minimum Gasteiger partial charge on any atom is -0.444 e. The predicted molar refractivity (Wildman–Crippen MR) is 106 cm³/mol. The van der Waals surface area contributed by atoms with Gasteiger partial charge >= 0.3 is 6.09 Å². The topological polar surface area (TPSA) is 71.0 Å². The Labute approximate surface area is 160 Å². The highest BCUT2D eigenvalue weighted by Crippen LogP contribution is 2.35. The van der Waals surface area contributed by atoms with Gasteiger partial charge in [-0.25, -0.2) is 4.79 Å². The first kappa shape index (κ1) is 19.1.